The molecule has 0 bridgehead atoms. The lowest BCUT2D eigenvalue weighted by molar-refractivity contribution is 0.107. The van der Waals surface area contributed by atoms with Gasteiger partial charge in [0, 0.05) is 37.5 Å². The van der Waals surface area contributed by atoms with Gasteiger partial charge in [0.2, 0.25) is 0 Å². The number of nitrogens with zero attached hydrogens (tertiary/aromatic N) is 2. The van der Waals surface area contributed by atoms with Crippen molar-refractivity contribution in [2.24, 2.45) is 7.05 Å². The summed E-state index contributed by atoms with van der Waals surface area (Å²) in [5, 5.41) is 0.500. The van der Waals surface area contributed by atoms with Crippen molar-refractivity contribution in [2.45, 2.75) is 11.1 Å². The molecule has 1 heterocycles. The maximum absolute atomic E-state index is 12.1. The first-order chi connectivity index (χ1) is 9.94. The fraction of sp³-hybridized carbons (Fsp3) is 0.308. The average molecular weight is 330 g/mol. The van der Waals surface area contributed by atoms with E-state index in [1.807, 2.05) is 6.07 Å². The van der Waals surface area contributed by atoms with Crippen molar-refractivity contribution in [3.63, 3.8) is 0 Å². The summed E-state index contributed by atoms with van der Waals surface area (Å²) < 4.78 is 33.6. The normalized spacial score (nSPS) is 13.3. The topological polar surface area (TPSA) is 73.2 Å². The molecule has 0 amide bonds. The number of aryl methyl sites for hydroxylation is 1. The molecule has 6 nitrogen and oxygen atoms in total. The Morgan fingerprint density at radius 1 is 1.43 bits per heavy atom. The minimum Gasteiger partial charge on any atom is -0.375 e. The first kappa shape index (κ1) is 16.0. The third kappa shape index (κ3) is 3.82. The molecule has 1 N–H and O–H groups in total. The van der Waals surface area contributed by atoms with Crippen LogP contribution in [0.25, 0.3) is 0 Å². The van der Waals surface area contributed by atoms with Crippen molar-refractivity contribution >= 4 is 21.6 Å². The number of imidazole rings is 1. The summed E-state index contributed by atoms with van der Waals surface area (Å²) in [6, 6.07) is 7.15. The molecule has 0 aliphatic heterocycles. The van der Waals surface area contributed by atoms with E-state index in [0.717, 1.165) is 5.56 Å². The fourth-order valence-corrected chi connectivity index (χ4v) is 3.11. The molecule has 114 valence electrons. The van der Waals surface area contributed by atoms with Gasteiger partial charge >= 0.3 is 0 Å². The van der Waals surface area contributed by atoms with Crippen molar-refractivity contribution in [2.75, 3.05) is 13.7 Å². The molecule has 1 aromatic carbocycles. The third-order valence-electron chi connectivity index (χ3n) is 2.95. The van der Waals surface area contributed by atoms with Gasteiger partial charge < -0.3 is 9.30 Å². The van der Waals surface area contributed by atoms with Gasteiger partial charge in [0.1, 0.15) is 0 Å². The molecule has 0 unspecified atom stereocenters. The predicted octanol–water partition coefficient (Wildman–Crippen LogP) is 1.74. The molecule has 1 atom stereocenters. The van der Waals surface area contributed by atoms with Gasteiger partial charge in [-0.1, -0.05) is 29.8 Å². The van der Waals surface area contributed by atoms with Crippen LogP contribution in [-0.4, -0.2) is 31.6 Å². The number of ether oxygens (including phenoxy) is 1. The van der Waals surface area contributed by atoms with Crippen LogP contribution in [0, 0.1) is 0 Å². The van der Waals surface area contributed by atoms with E-state index < -0.39 is 16.1 Å². The highest BCUT2D eigenvalue weighted by molar-refractivity contribution is 7.89. The number of hydrogen-bond acceptors (Lipinski definition) is 4. The highest BCUT2D eigenvalue weighted by Gasteiger charge is 2.21. The molecule has 0 spiro atoms. The smallest absolute Gasteiger partial charge is 0.259 e. The molecular formula is C13H16ClN3O3S. The Kier molecular flexibility index (Phi) is 5.00. The van der Waals surface area contributed by atoms with Crippen LogP contribution in [0.15, 0.2) is 41.8 Å². The highest BCUT2D eigenvalue weighted by atomic mass is 35.5. The lowest BCUT2D eigenvalue weighted by Crippen LogP contribution is -2.29. The first-order valence-corrected chi connectivity index (χ1v) is 8.05. The standard InChI is InChI=1S/C13H16ClN3O3S/c1-17-8-13(15-9-17)21(18,19)16-7-12(20-2)10-5-3-4-6-11(10)14/h3-6,8-9,12,16H,7H2,1-2H3/t12-/m1/s1. The van der Waals surface area contributed by atoms with Crippen molar-refractivity contribution < 1.29 is 13.2 Å². The molecule has 2 aromatic rings. The van der Waals surface area contributed by atoms with Crippen molar-refractivity contribution in [1.29, 1.82) is 0 Å². The highest BCUT2D eigenvalue weighted by Crippen LogP contribution is 2.24. The van der Waals surface area contributed by atoms with Gasteiger partial charge in [0.05, 0.1) is 12.4 Å². The molecule has 0 saturated heterocycles. The van der Waals surface area contributed by atoms with Gasteiger partial charge in [-0.2, -0.15) is 0 Å². The predicted molar refractivity (Wildman–Crippen MR) is 79.6 cm³/mol. The third-order valence-corrected chi connectivity index (χ3v) is 4.60. The molecule has 1 aromatic heterocycles. The zero-order valence-electron chi connectivity index (χ0n) is 11.7. The lowest BCUT2D eigenvalue weighted by Gasteiger charge is -2.17. The Balaban J connectivity index is 2.12. The van der Waals surface area contributed by atoms with Crippen LogP contribution in [0.2, 0.25) is 5.02 Å². The van der Waals surface area contributed by atoms with E-state index >= 15 is 0 Å². The van der Waals surface area contributed by atoms with Crippen molar-refractivity contribution in [1.82, 2.24) is 14.3 Å². The molecule has 8 heteroatoms. The van der Waals surface area contributed by atoms with E-state index in [-0.39, 0.29) is 11.6 Å². The Morgan fingerprint density at radius 2 is 2.14 bits per heavy atom. The van der Waals surface area contributed by atoms with Gasteiger partial charge in [-0.3, -0.25) is 0 Å². The minimum absolute atomic E-state index is 0.0287. The van der Waals surface area contributed by atoms with Crippen LogP contribution in [0.1, 0.15) is 11.7 Å². The van der Waals surface area contributed by atoms with Crippen LogP contribution in [0.3, 0.4) is 0 Å². The Morgan fingerprint density at radius 3 is 2.71 bits per heavy atom. The molecule has 0 aliphatic carbocycles. The summed E-state index contributed by atoms with van der Waals surface area (Å²) in [7, 11) is -0.465. The summed E-state index contributed by atoms with van der Waals surface area (Å²) in [5.74, 6) is 0. The van der Waals surface area contributed by atoms with Crippen LogP contribution in [0.4, 0.5) is 0 Å². The van der Waals surface area contributed by atoms with E-state index in [9.17, 15) is 8.42 Å². The maximum Gasteiger partial charge on any atom is 0.259 e. The molecule has 21 heavy (non-hydrogen) atoms. The number of methoxy groups -OCH3 is 1. The first-order valence-electron chi connectivity index (χ1n) is 6.19. The van der Waals surface area contributed by atoms with Crippen LogP contribution in [0.5, 0.6) is 0 Å². The van der Waals surface area contributed by atoms with Gasteiger partial charge in [0.15, 0.2) is 5.03 Å². The number of nitrogens with one attached hydrogen (secondary N) is 1. The minimum atomic E-state index is -3.67. The summed E-state index contributed by atoms with van der Waals surface area (Å²) in [6.07, 6.45) is 2.38. The number of sulfonamides is 1. The Bertz CT molecular complexity index is 715. The number of hydrogen-bond donors (Lipinski definition) is 1. The van der Waals surface area contributed by atoms with Crippen molar-refractivity contribution in [3.8, 4) is 0 Å². The van der Waals surface area contributed by atoms with Crippen molar-refractivity contribution in [3.05, 3.63) is 47.4 Å². The van der Waals surface area contributed by atoms with E-state index in [1.165, 1.54) is 19.6 Å². The second kappa shape index (κ2) is 6.57. The molecule has 0 aliphatic rings. The second-order valence-corrected chi connectivity index (χ2v) is 6.60. The summed E-state index contributed by atoms with van der Waals surface area (Å²) in [4.78, 5) is 3.83. The van der Waals surface area contributed by atoms with E-state index in [2.05, 4.69) is 9.71 Å². The number of halogens is 1. The maximum atomic E-state index is 12.1. The van der Waals surface area contributed by atoms with Gasteiger partial charge in [-0.15, -0.1) is 0 Å². The van der Waals surface area contributed by atoms with E-state index in [0.29, 0.717) is 5.02 Å². The molecule has 0 fully saturated rings. The zero-order chi connectivity index (χ0) is 15.5. The van der Waals surface area contributed by atoms with Gasteiger partial charge in [-0.05, 0) is 6.07 Å². The molecule has 2 rings (SSSR count). The SMILES string of the molecule is CO[C@H](CNS(=O)(=O)c1cn(C)cn1)c1ccccc1Cl. The fourth-order valence-electron chi connectivity index (χ4n) is 1.84. The number of aromatic nitrogens is 2. The van der Waals surface area contributed by atoms with E-state index in [4.69, 9.17) is 16.3 Å². The van der Waals surface area contributed by atoms with Gasteiger partial charge in [0.25, 0.3) is 10.0 Å². The summed E-state index contributed by atoms with van der Waals surface area (Å²) >= 11 is 6.10. The van der Waals surface area contributed by atoms with E-state index in [1.54, 1.807) is 29.8 Å². The molecular weight excluding hydrogens is 314 g/mol. The number of rotatable bonds is 6. The molecule has 0 radical (unpaired) electrons. The summed E-state index contributed by atoms with van der Waals surface area (Å²) in [6.45, 7) is 0.0686. The Hall–Kier alpha value is -1.41. The second-order valence-electron chi connectivity index (χ2n) is 4.48. The number of benzene rings is 1. The summed E-state index contributed by atoms with van der Waals surface area (Å²) in [5.41, 5.74) is 0.727. The van der Waals surface area contributed by atoms with Crippen LogP contribution in [-0.2, 0) is 21.8 Å². The largest absolute Gasteiger partial charge is 0.375 e. The Labute approximate surface area is 128 Å². The van der Waals surface area contributed by atoms with Gasteiger partial charge in [-0.25, -0.2) is 18.1 Å². The van der Waals surface area contributed by atoms with Crippen LogP contribution < -0.4 is 4.72 Å². The molecule has 0 saturated carbocycles. The zero-order valence-corrected chi connectivity index (χ0v) is 13.2. The lowest BCUT2D eigenvalue weighted by atomic mass is 10.1. The average Bonchev–Trinajstić information content (AvgIpc) is 2.89. The quantitative estimate of drug-likeness (QED) is 0.876. The van der Waals surface area contributed by atoms with Crippen LogP contribution >= 0.6 is 11.6 Å². The monoisotopic (exact) mass is 329 g/mol.